The van der Waals surface area contributed by atoms with E-state index in [-0.39, 0.29) is 0 Å². The van der Waals surface area contributed by atoms with Crippen molar-refractivity contribution in [3.63, 3.8) is 0 Å². The molecule has 1 unspecified atom stereocenters. The molecule has 0 amide bonds. The van der Waals surface area contributed by atoms with Gasteiger partial charge in [0.25, 0.3) is 0 Å². The Morgan fingerprint density at radius 2 is 1.76 bits per heavy atom. The van der Waals surface area contributed by atoms with Crippen LogP contribution in [-0.2, 0) is 0 Å². The number of anilines is 1. The van der Waals surface area contributed by atoms with Gasteiger partial charge in [-0.2, -0.15) is 5.10 Å². The van der Waals surface area contributed by atoms with E-state index in [0.717, 1.165) is 11.4 Å². The van der Waals surface area contributed by atoms with E-state index in [4.69, 9.17) is 5.73 Å². The average molecular weight is 229 g/mol. The fourth-order valence-corrected chi connectivity index (χ4v) is 1.75. The molecule has 0 aliphatic rings. The highest BCUT2D eigenvalue weighted by Crippen LogP contribution is 2.25. The fourth-order valence-electron chi connectivity index (χ4n) is 1.75. The third-order valence-corrected chi connectivity index (χ3v) is 3.22. The number of aromatic nitrogens is 2. The topological polar surface area (TPSA) is 43.8 Å². The largest absolute Gasteiger partial charge is 0.384 e. The van der Waals surface area contributed by atoms with E-state index in [1.165, 1.54) is 0 Å². The van der Waals surface area contributed by atoms with Crippen LogP contribution in [0, 0.1) is 5.92 Å². The van der Waals surface area contributed by atoms with Crippen molar-refractivity contribution >= 4 is 5.82 Å². The van der Waals surface area contributed by atoms with Crippen LogP contribution in [0.1, 0.15) is 32.4 Å². The predicted octanol–water partition coefficient (Wildman–Crippen LogP) is 3.21. The predicted molar refractivity (Wildman–Crippen MR) is 71.2 cm³/mol. The molecule has 0 fully saturated rings. The summed E-state index contributed by atoms with van der Waals surface area (Å²) in [6.45, 7) is 6.58. The van der Waals surface area contributed by atoms with E-state index >= 15 is 0 Å². The van der Waals surface area contributed by atoms with Crippen LogP contribution >= 0.6 is 0 Å². The second kappa shape index (κ2) is 4.62. The Kier molecular flexibility index (Phi) is 3.18. The number of rotatable bonds is 3. The quantitative estimate of drug-likeness (QED) is 0.878. The van der Waals surface area contributed by atoms with Crippen LogP contribution in [0.3, 0.4) is 0 Å². The van der Waals surface area contributed by atoms with Gasteiger partial charge in [-0.05, 0) is 18.1 Å². The van der Waals surface area contributed by atoms with Gasteiger partial charge in [0.1, 0.15) is 5.82 Å². The molecule has 0 saturated heterocycles. The SMILES string of the molecule is CC(C)C(C)c1cc(N)n(-c2ccccc2)n1. The Morgan fingerprint density at radius 1 is 1.12 bits per heavy atom. The van der Waals surface area contributed by atoms with Crippen molar-refractivity contribution in [1.29, 1.82) is 0 Å². The van der Waals surface area contributed by atoms with Crippen molar-refractivity contribution in [3.8, 4) is 5.69 Å². The molecule has 0 radical (unpaired) electrons. The average Bonchev–Trinajstić information content (AvgIpc) is 2.71. The van der Waals surface area contributed by atoms with Crippen LogP contribution in [0.2, 0.25) is 0 Å². The van der Waals surface area contributed by atoms with Crippen LogP contribution < -0.4 is 5.73 Å². The molecular weight excluding hydrogens is 210 g/mol. The zero-order valence-corrected chi connectivity index (χ0v) is 10.6. The Morgan fingerprint density at radius 3 is 2.35 bits per heavy atom. The first kappa shape index (κ1) is 11.7. The molecule has 2 aromatic rings. The second-order valence-electron chi connectivity index (χ2n) is 4.77. The van der Waals surface area contributed by atoms with Gasteiger partial charge in [-0.15, -0.1) is 0 Å². The molecule has 0 aliphatic carbocycles. The summed E-state index contributed by atoms with van der Waals surface area (Å²) in [5.74, 6) is 1.68. The van der Waals surface area contributed by atoms with Crippen molar-refractivity contribution in [3.05, 3.63) is 42.1 Å². The highest BCUT2D eigenvalue weighted by atomic mass is 15.3. The molecule has 1 atom stereocenters. The van der Waals surface area contributed by atoms with Crippen molar-refractivity contribution in [2.24, 2.45) is 5.92 Å². The van der Waals surface area contributed by atoms with Crippen LogP contribution in [0.25, 0.3) is 5.69 Å². The van der Waals surface area contributed by atoms with Crippen molar-refractivity contribution in [2.45, 2.75) is 26.7 Å². The molecule has 0 aliphatic heterocycles. The lowest BCUT2D eigenvalue weighted by Gasteiger charge is -2.11. The molecule has 3 heteroatoms. The summed E-state index contributed by atoms with van der Waals surface area (Å²) < 4.78 is 1.80. The normalized spacial score (nSPS) is 12.9. The molecular formula is C14H19N3. The zero-order chi connectivity index (χ0) is 12.4. The first-order valence-corrected chi connectivity index (χ1v) is 6.00. The third-order valence-electron chi connectivity index (χ3n) is 3.22. The van der Waals surface area contributed by atoms with Crippen LogP contribution in [0.15, 0.2) is 36.4 Å². The van der Waals surface area contributed by atoms with Crippen LogP contribution in [0.5, 0.6) is 0 Å². The molecule has 0 bridgehead atoms. The molecule has 0 saturated carbocycles. The maximum atomic E-state index is 6.01. The Hall–Kier alpha value is -1.77. The smallest absolute Gasteiger partial charge is 0.127 e. The van der Waals surface area contributed by atoms with E-state index in [1.54, 1.807) is 4.68 Å². The zero-order valence-electron chi connectivity index (χ0n) is 10.6. The summed E-state index contributed by atoms with van der Waals surface area (Å²) in [5, 5.41) is 4.59. The van der Waals surface area contributed by atoms with Gasteiger partial charge < -0.3 is 5.73 Å². The van der Waals surface area contributed by atoms with E-state index in [9.17, 15) is 0 Å². The van der Waals surface area contributed by atoms with Crippen molar-refractivity contribution in [1.82, 2.24) is 9.78 Å². The molecule has 1 aromatic carbocycles. The molecule has 2 rings (SSSR count). The fraction of sp³-hybridized carbons (Fsp3) is 0.357. The lowest BCUT2D eigenvalue weighted by Crippen LogP contribution is -2.05. The van der Waals surface area contributed by atoms with E-state index < -0.39 is 0 Å². The highest BCUT2D eigenvalue weighted by Gasteiger charge is 2.15. The van der Waals surface area contributed by atoms with Gasteiger partial charge >= 0.3 is 0 Å². The van der Waals surface area contributed by atoms with Gasteiger partial charge in [0.05, 0.1) is 11.4 Å². The standard InChI is InChI=1S/C14H19N3/c1-10(2)11(3)13-9-14(15)17(16-13)12-7-5-4-6-8-12/h4-11H,15H2,1-3H3. The van der Waals surface area contributed by atoms with Crippen molar-refractivity contribution < 1.29 is 0 Å². The van der Waals surface area contributed by atoms with Gasteiger partial charge in [-0.25, -0.2) is 4.68 Å². The highest BCUT2D eigenvalue weighted by molar-refractivity contribution is 5.43. The molecule has 0 spiro atoms. The minimum atomic E-state index is 0.419. The third kappa shape index (κ3) is 2.33. The Labute approximate surface area is 102 Å². The maximum Gasteiger partial charge on any atom is 0.127 e. The number of hydrogen-bond donors (Lipinski definition) is 1. The molecule has 3 nitrogen and oxygen atoms in total. The summed E-state index contributed by atoms with van der Waals surface area (Å²) in [6, 6.07) is 11.9. The number of nitrogen functional groups attached to an aromatic ring is 1. The number of nitrogens with two attached hydrogens (primary N) is 1. The molecule has 1 aromatic heterocycles. The lowest BCUT2D eigenvalue weighted by molar-refractivity contribution is 0.519. The summed E-state index contributed by atoms with van der Waals surface area (Å²) in [4.78, 5) is 0. The summed E-state index contributed by atoms with van der Waals surface area (Å²) >= 11 is 0. The first-order valence-electron chi connectivity index (χ1n) is 6.00. The monoisotopic (exact) mass is 229 g/mol. The number of nitrogens with zero attached hydrogens (tertiary/aromatic N) is 2. The van der Waals surface area contributed by atoms with Gasteiger partial charge in [0.2, 0.25) is 0 Å². The van der Waals surface area contributed by atoms with E-state index in [0.29, 0.717) is 17.7 Å². The Bertz CT molecular complexity index is 485. The van der Waals surface area contributed by atoms with Crippen LogP contribution in [0.4, 0.5) is 5.82 Å². The number of hydrogen-bond acceptors (Lipinski definition) is 2. The van der Waals surface area contributed by atoms with E-state index in [1.807, 2.05) is 36.4 Å². The second-order valence-corrected chi connectivity index (χ2v) is 4.77. The van der Waals surface area contributed by atoms with Gasteiger partial charge in [0, 0.05) is 12.0 Å². The van der Waals surface area contributed by atoms with Gasteiger partial charge in [-0.1, -0.05) is 39.0 Å². The van der Waals surface area contributed by atoms with Crippen LogP contribution in [-0.4, -0.2) is 9.78 Å². The minimum absolute atomic E-state index is 0.419. The molecule has 90 valence electrons. The number of benzene rings is 1. The van der Waals surface area contributed by atoms with Crippen molar-refractivity contribution in [2.75, 3.05) is 5.73 Å². The summed E-state index contributed by atoms with van der Waals surface area (Å²) in [7, 11) is 0. The van der Waals surface area contributed by atoms with Gasteiger partial charge in [0.15, 0.2) is 0 Å². The van der Waals surface area contributed by atoms with Gasteiger partial charge in [-0.3, -0.25) is 0 Å². The lowest BCUT2D eigenvalue weighted by atomic mass is 9.95. The molecule has 2 N–H and O–H groups in total. The molecule has 1 heterocycles. The van der Waals surface area contributed by atoms with E-state index in [2.05, 4.69) is 25.9 Å². The first-order chi connectivity index (χ1) is 8.09. The maximum absolute atomic E-state index is 6.01. The molecule has 17 heavy (non-hydrogen) atoms. The Balaban J connectivity index is 2.38. The minimum Gasteiger partial charge on any atom is -0.384 e. The number of para-hydroxylation sites is 1. The summed E-state index contributed by atoms with van der Waals surface area (Å²) in [6.07, 6.45) is 0. The summed E-state index contributed by atoms with van der Waals surface area (Å²) in [5.41, 5.74) is 8.08.